The van der Waals surface area contributed by atoms with Gasteiger partial charge in [-0.1, -0.05) is 18.2 Å². The summed E-state index contributed by atoms with van der Waals surface area (Å²) in [4.78, 5) is 52.6. The maximum absolute atomic E-state index is 12.8. The summed E-state index contributed by atoms with van der Waals surface area (Å²) in [6.07, 6.45) is 0.0221. The number of imide groups is 1. The van der Waals surface area contributed by atoms with E-state index in [-0.39, 0.29) is 36.0 Å². The molecule has 1 aromatic heterocycles. The molecule has 2 heterocycles. The Kier molecular flexibility index (Phi) is 7.35. The monoisotopic (exact) mass is 508 g/mol. The second kappa shape index (κ2) is 10.6. The normalized spacial score (nSPS) is 12.4. The summed E-state index contributed by atoms with van der Waals surface area (Å²) in [6.45, 7) is 1.80. The number of methoxy groups -OCH3 is 2. The minimum atomic E-state index is -0.608. The van der Waals surface area contributed by atoms with Crippen LogP contribution in [0.2, 0.25) is 0 Å². The Morgan fingerprint density at radius 3 is 2.22 bits per heavy atom. The third kappa shape index (κ3) is 4.94. The van der Waals surface area contributed by atoms with Crippen molar-refractivity contribution in [1.29, 1.82) is 0 Å². The first kappa shape index (κ1) is 24.9. The SMILES string of the molecule is CCOC(=O)c1cc(CN2C(=O)c3ccccc3C2=O)sc1NC(=O)Cc1ccc(OC)c(OC)c1. The summed E-state index contributed by atoms with van der Waals surface area (Å²) < 4.78 is 15.6. The standard InChI is InChI=1S/C26H24N2O7S/c1-4-35-26(32)19-13-16(14-28-24(30)17-7-5-6-8-18(17)25(28)31)36-23(19)27-22(29)12-15-9-10-20(33-2)21(11-15)34-3/h5-11,13H,4,12,14H2,1-3H3,(H,27,29). The molecule has 0 bridgehead atoms. The molecule has 186 valence electrons. The molecule has 0 unspecified atom stereocenters. The van der Waals surface area contributed by atoms with Crippen LogP contribution in [-0.4, -0.2) is 49.4 Å². The van der Waals surface area contributed by atoms with Crippen LogP contribution in [0.5, 0.6) is 11.5 Å². The Hall–Kier alpha value is -4.18. The van der Waals surface area contributed by atoms with Gasteiger partial charge in [0.1, 0.15) is 5.00 Å². The van der Waals surface area contributed by atoms with Gasteiger partial charge < -0.3 is 19.5 Å². The van der Waals surface area contributed by atoms with Gasteiger partial charge >= 0.3 is 5.97 Å². The van der Waals surface area contributed by atoms with Crippen LogP contribution in [0.4, 0.5) is 5.00 Å². The Balaban J connectivity index is 1.54. The zero-order valence-electron chi connectivity index (χ0n) is 20.0. The molecule has 0 saturated heterocycles. The summed E-state index contributed by atoms with van der Waals surface area (Å²) in [5, 5.41) is 3.05. The van der Waals surface area contributed by atoms with E-state index in [1.807, 2.05) is 0 Å². The summed E-state index contributed by atoms with van der Waals surface area (Å²) in [5.41, 5.74) is 1.53. The maximum Gasteiger partial charge on any atom is 0.341 e. The van der Waals surface area contributed by atoms with Crippen LogP contribution >= 0.6 is 11.3 Å². The number of carbonyl (C=O) groups excluding carboxylic acids is 4. The van der Waals surface area contributed by atoms with Gasteiger partial charge in [-0.25, -0.2) is 4.79 Å². The molecule has 36 heavy (non-hydrogen) atoms. The molecule has 1 aliphatic rings. The highest BCUT2D eigenvalue weighted by molar-refractivity contribution is 7.16. The first-order valence-electron chi connectivity index (χ1n) is 11.1. The second-order valence-corrected chi connectivity index (χ2v) is 8.97. The Bertz CT molecular complexity index is 1310. The predicted molar refractivity (Wildman–Crippen MR) is 133 cm³/mol. The molecule has 0 radical (unpaired) electrons. The largest absolute Gasteiger partial charge is 0.493 e. The molecule has 3 amide bonds. The van der Waals surface area contributed by atoms with Gasteiger partial charge in [-0.15, -0.1) is 11.3 Å². The average molecular weight is 509 g/mol. The molecule has 0 atom stereocenters. The molecule has 10 heteroatoms. The minimum absolute atomic E-state index is 0.0221. The van der Waals surface area contributed by atoms with Gasteiger partial charge in [-0.05, 0) is 42.8 Å². The van der Waals surface area contributed by atoms with Gasteiger partial charge in [-0.3, -0.25) is 19.3 Å². The first-order chi connectivity index (χ1) is 17.4. The van der Waals surface area contributed by atoms with E-state index in [4.69, 9.17) is 14.2 Å². The van der Waals surface area contributed by atoms with Crippen molar-refractivity contribution < 1.29 is 33.4 Å². The number of hydrogen-bond acceptors (Lipinski definition) is 8. The molecule has 0 fully saturated rings. The summed E-state index contributed by atoms with van der Waals surface area (Å²) in [5.74, 6) is -0.733. The zero-order chi connectivity index (χ0) is 25.8. The van der Waals surface area contributed by atoms with Gasteiger partial charge in [-0.2, -0.15) is 0 Å². The molecule has 2 aromatic carbocycles. The predicted octanol–water partition coefficient (Wildman–Crippen LogP) is 3.92. The summed E-state index contributed by atoms with van der Waals surface area (Å²) in [6, 6.07) is 13.3. The third-order valence-corrected chi connectivity index (χ3v) is 6.57. The number of amides is 3. The van der Waals surface area contributed by atoms with Crippen molar-refractivity contribution in [2.24, 2.45) is 0 Å². The number of thiophene rings is 1. The number of nitrogens with zero attached hydrogens (tertiary/aromatic N) is 1. The molecule has 9 nitrogen and oxygen atoms in total. The average Bonchev–Trinajstić information content (AvgIpc) is 3.38. The van der Waals surface area contributed by atoms with Crippen molar-refractivity contribution >= 4 is 40.0 Å². The van der Waals surface area contributed by atoms with Crippen molar-refractivity contribution in [2.75, 3.05) is 26.1 Å². The third-order valence-electron chi connectivity index (χ3n) is 5.54. The van der Waals surface area contributed by atoms with E-state index in [1.165, 1.54) is 20.3 Å². The summed E-state index contributed by atoms with van der Waals surface area (Å²) in [7, 11) is 3.03. The number of anilines is 1. The molecule has 0 spiro atoms. The highest BCUT2D eigenvalue weighted by atomic mass is 32.1. The fourth-order valence-corrected chi connectivity index (χ4v) is 4.91. The zero-order valence-corrected chi connectivity index (χ0v) is 20.8. The van der Waals surface area contributed by atoms with E-state index in [9.17, 15) is 19.2 Å². The van der Waals surface area contributed by atoms with Crippen molar-refractivity contribution in [3.63, 3.8) is 0 Å². The number of carbonyl (C=O) groups is 4. The number of ether oxygens (including phenoxy) is 3. The lowest BCUT2D eigenvalue weighted by molar-refractivity contribution is -0.115. The lowest BCUT2D eigenvalue weighted by Crippen LogP contribution is -2.28. The van der Waals surface area contributed by atoms with E-state index in [2.05, 4.69) is 5.32 Å². The van der Waals surface area contributed by atoms with E-state index in [0.717, 1.165) is 16.2 Å². The van der Waals surface area contributed by atoms with Gasteiger partial charge in [0.2, 0.25) is 5.91 Å². The second-order valence-electron chi connectivity index (χ2n) is 7.83. The number of nitrogens with one attached hydrogen (secondary N) is 1. The van der Waals surface area contributed by atoms with Crippen LogP contribution in [0.15, 0.2) is 48.5 Å². The van der Waals surface area contributed by atoms with Crippen LogP contribution in [0.1, 0.15) is 48.4 Å². The molecule has 0 aliphatic carbocycles. The lowest BCUT2D eigenvalue weighted by Gasteiger charge is -2.12. The van der Waals surface area contributed by atoms with E-state index < -0.39 is 17.8 Å². The summed E-state index contributed by atoms with van der Waals surface area (Å²) >= 11 is 1.11. The van der Waals surface area contributed by atoms with Gasteiger partial charge in [0.15, 0.2) is 11.5 Å². The number of hydrogen-bond donors (Lipinski definition) is 1. The molecule has 3 aromatic rings. The quantitative estimate of drug-likeness (QED) is 0.344. The number of rotatable bonds is 9. The van der Waals surface area contributed by atoms with Crippen molar-refractivity contribution in [1.82, 2.24) is 4.90 Å². The van der Waals surface area contributed by atoms with Crippen LogP contribution in [0.25, 0.3) is 0 Å². The van der Waals surface area contributed by atoms with Gasteiger partial charge in [0, 0.05) is 4.88 Å². The molecule has 1 aliphatic heterocycles. The van der Waals surface area contributed by atoms with Gasteiger partial charge in [0.25, 0.3) is 11.8 Å². The molecular weight excluding hydrogens is 484 g/mol. The van der Waals surface area contributed by atoms with Crippen LogP contribution in [0, 0.1) is 0 Å². The molecule has 4 rings (SSSR count). The molecular formula is C26H24N2O7S. The topological polar surface area (TPSA) is 111 Å². The van der Waals surface area contributed by atoms with E-state index >= 15 is 0 Å². The van der Waals surface area contributed by atoms with Crippen molar-refractivity contribution in [2.45, 2.75) is 19.9 Å². The number of fused-ring (bicyclic) bond motifs is 1. The number of esters is 1. The Labute approximate surface area is 211 Å². The van der Waals surface area contributed by atoms with Crippen molar-refractivity contribution in [3.8, 4) is 11.5 Å². The maximum atomic E-state index is 12.8. The molecule has 0 saturated carbocycles. The first-order valence-corrected chi connectivity index (χ1v) is 11.9. The fourth-order valence-electron chi connectivity index (χ4n) is 3.86. The lowest BCUT2D eigenvalue weighted by atomic mass is 10.1. The van der Waals surface area contributed by atoms with Crippen LogP contribution in [0.3, 0.4) is 0 Å². The minimum Gasteiger partial charge on any atom is -0.493 e. The Morgan fingerprint density at radius 2 is 1.61 bits per heavy atom. The van der Waals surface area contributed by atoms with Crippen LogP contribution < -0.4 is 14.8 Å². The van der Waals surface area contributed by atoms with Crippen molar-refractivity contribution in [3.05, 3.63) is 75.7 Å². The van der Waals surface area contributed by atoms with Crippen LogP contribution in [-0.2, 0) is 22.5 Å². The Morgan fingerprint density at radius 1 is 0.944 bits per heavy atom. The smallest absolute Gasteiger partial charge is 0.341 e. The fraction of sp³-hybridized carbons (Fsp3) is 0.231. The highest BCUT2D eigenvalue weighted by Crippen LogP contribution is 2.33. The van der Waals surface area contributed by atoms with Gasteiger partial charge in [0.05, 0.1) is 50.5 Å². The van der Waals surface area contributed by atoms with E-state index in [1.54, 1.807) is 49.4 Å². The van der Waals surface area contributed by atoms with E-state index in [0.29, 0.717) is 33.1 Å². The number of benzene rings is 2. The highest BCUT2D eigenvalue weighted by Gasteiger charge is 2.35. The molecule has 1 N–H and O–H groups in total.